The smallest absolute Gasteiger partial charge is 0.115 e. The third-order valence-corrected chi connectivity index (χ3v) is 2.81. The minimum atomic E-state index is -0.615. The Kier molecular flexibility index (Phi) is 3.67. The SMILES string of the molecule is Oc1cccc(CC(O)c2cccc(Cl)c2)c1. The highest BCUT2D eigenvalue weighted by Crippen LogP contribution is 2.22. The van der Waals surface area contributed by atoms with Crippen LogP contribution in [0.25, 0.3) is 0 Å². The molecule has 3 heteroatoms. The summed E-state index contributed by atoms with van der Waals surface area (Å²) in [5.41, 5.74) is 1.67. The molecule has 2 N–H and O–H groups in total. The average Bonchev–Trinajstić information content (AvgIpc) is 2.29. The molecule has 0 aliphatic carbocycles. The van der Waals surface area contributed by atoms with Crippen molar-refractivity contribution in [3.63, 3.8) is 0 Å². The summed E-state index contributed by atoms with van der Waals surface area (Å²) < 4.78 is 0. The van der Waals surface area contributed by atoms with Gasteiger partial charge in [0.15, 0.2) is 0 Å². The summed E-state index contributed by atoms with van der Waals surface area (Å²) in [7, 11) is 0. The number of hydrogen-bond donors (Lipinski definition) is 2. The Morgan fingerprint density at radius 2 is 1.82 bits per heavy atom. The van der Waals surface area contributed by atoms with E-state index in [2.05, 4.69) is 0 Å². The second-order valence-corrected chi connectivity index (χ2v) is 4.38. The Labute approximate surface area is 105 Å². The van der Waals surface area contributed by atoms with Gasteiger partial charge >= 0.3 is 0 Å². The fraction of sp³-hybridized carbons (Fsp3) is 0.143. The molecule has 17 heavy (non-hydrogen) atoms. The number of phenolic OH excluding ortho intramolecular Hbond substituents is 1. The lowest BCUT2D eigenvalue weighted by molar-refractivity contribution is 0.178. The molecule has 0 saturated carbocycles. The lowest BCUT2D eigenvalue weighted by Crippen LogP contribution is -2.01. The van der Waals surface area contributed by atoms with Gasteiger partial charge in [-0.1, -0.05) is 35.9 Å². The third-order valence-electron chi connectivity index (χ3n) is 2.57. The van der Waals surface area contributed by atoms with E-state index in [1.54, 1.807) is 30.3 Å². The third kappa shape index (κ3) is 3.22. The van der Waals surface area contributed by atoms with Crippen molar-refractivity contribution in [2.75, 3.05) is 0 Å². The van der Waals surface area contributed by atoms with Gasteiger partial charge in [-0.3, -0.25) is 0 Å². The van der Waals surface area contributed by atoms with Gasteiger partial charge < -0.3 is 10.2 Å². The maximum atomic E-state index is 10.0. The van der Waals surface area contributed by atoms with Gasteiger partial charge in [0.25, 0.3) is 0 Å². The first kappa shape index (κ1) is 12.0. The molecule has 2 aromatic rings. The van der Waals surface area contributed by atoms with Crippen LogP contribution in [0.5, 0.6) is 5.75 Å². The molecule has 0 spiro atoms. The van der Waals surface area contributed by atoms with Crippen molar-refractivity contribution in [2.45, 2.75) is 12.5 Å². The molecule has 0 aromatic heterocycles. The van der Waals surface area contributed by atoms with Gasteiger partial charge in [0.1, 0.15) is 5.75 Å². The first-order chi connectivity index (χ1) is 8.15. The van der Waals surface area contributed by atoms with Crippen LogP contribution in [0.4, 0.5) is 0 Å². The Balaban J connectivity index is 2.14. The van der Waals surface area contributed by atoms with Crippen LogP contribution < -0.4 is 0 Å². The normalized spacial score (nSPS) is 12.4. The average molecular weight is 249 g/mol. The van der Waals surface area contributed by atoms with E-state index in [0.29, 0.717) is 11.4 Å². The monoisotopic (exact) mass is 248 g/mol. The number of aliphatic hydroxyl groups excluding tert-OH is 1. The molecule has 0 heterocycles. The summed E-state index contributed by atoms with van der Waals surface area (Å²) in [6, 6.07) is 14.0. The van der Waals surface area contributed by atoms with E-state index in [0.717, 1.165) is 11.1 Å². The molecular weight excluding hydrogens is 236 g/mol. The summed E-state index contributed by atoms with van der Waals surface area (Å²) in [5.74, 6) is 0.209. The van der Waals surface area contributed by atoms with Crippen molar-refractivity contribution in [1.82, 2.24) is 0 Å². The summed E-state index contributed by atoms with van der Waals surface area (Å²) in [6.07, 6.45) is -0.162. The van der Waals surface area contributed by atoms with Crippen molar-refractivity contribution in [3.05, 3.63) is 64.7 Å². The van der Waals surface area contributed by atoms with Crippen molar-refractivity contribution >= 4 is 11.6 Å². The molecule has 1 unspecified atom stereocenters. The van der Waals surface area contributed by atoms with Crippen molar-refractivity contribution in [1.29, 1.82) is 0 Å². The van der Waals surface area contributed by atoms with E-state index in [4.69, 9.17) is 11.6 Å². The molecule has 2 nitrogen and oxygen atoms in total. The highest BCUT2D eigenvalue weighted by molar-refractivity contribution is 6.30. The van der Waals surface area contributed by atoms with Gasteiger partial charge in [-0.05, 0) is 35.4 Å². The molecule has 0 radical (unpaired) electrons. The number of rotatable bonds is 3. The molecule has 1 atom stereocenters. The van der Waals surface area contributed by atoms with Crippen LogP contribution in [0.2, 0.25) is 5.02 Å². The Hall–Kier alpha value is -1.51. The lowest BCUT2D eigenvalue weighted by Gasteiger charge is -2.11. The number of aromatic hydroxyl groups is 1. The number of benzene rings is 2. The van der Waals surface area contributed by atoms with E-state index < -0.39 is 6.10 Å². The van der Waals surface area contributed by atoms with Gasteiger partial charge in [-0.15, -0.1) is 0 Å². The summed E-state index contributed by atoms with van der Waals surface area (Å²) in [5, 5.41) is 20.0. The maximum absolute atomic E-state index is 10.0. The van der Waals surface area contributed by atoms with Gasteiger partial charge in [0.05, 0.1) is 6.10 Å². The molecule has 2 rings (SSSR count). The van der Waals surface area contributed by atoms with E-state index in [1.165, 1.54) is 0 Å². The van der Waals surface area contributed by atoms with Crippen LogP contribution in [-0.2, 0) is 6.42 Å². The fourth-order valence-electron chi connectivity index (χ4n) is 1.74. The van der Waals surface area contributed by atoms with Crippen LogP contribution >= 0.6 is 11.6 Å². The van der Waals surface area contributed by atoms with Crippen LogP contribution in [0, 0.1) is 0 Å². The molecule has 0 amide bonds. The number of hydrogen-bond acceptors (Lipinski definition) is 2. The maximum Gasteiger partial charge on any atom is 0.115 e. The Bertz CT molecular complexity index is 511. The number of aliphatic hydroxyl groups is 1. The van der Waals surface area contributed by atoms with E-state index in [1.807, 2.05) is 18.2 Å². The predicted octanol–water partition coefficient (Wildman–Crippen LogP) is 3.32. The summed E-state index contributed by atoms with van der Waals surface area (Å²) in [6.45, 7) is 0. The van der Waals surface area contributed by atoms with E-state index >= 15 is 0 Å². The molecule has 0 aliphatic heterocycles. The zero-order valence-corrected chi connectivity index (χ0v) is 9.93. The Morgan fingerprint density at radius 3 is 2.53 bits per heavy atom. The second kappa shape index (κ2) is 5.21. The van der Waals surface area contributed by atoms with E-state index in [-0.39, 0.29) is 5.75 Å². The van der Waals surface area contributed by atoms with Gasteiger partial charge in [-0.25, -0.2) is 0 Å². The highest BCUT2D eigenvalue weighted by atomic mass is 35.5. The minimum absolute atomic E-state index is 0.209. The van der Waals surface area contributed by atoms with Gasteiger partial charge in [0.2, 0.25) is 0 Å². The minimum Gasteiger partial charge on any atom is -0.508 e. The fourth-order valence-corrected chi connectivity index (χ4v) is 1.94. The first-order valence-electron chi connectivity index (χ1n) is 5.36. The van der Waals surface area contributed by atoms with Crippen LogP contribution in [0.15, 0.2) is 48.5 Å². The molecule has 0 bridgehead atoms. The lowest BCUT2D eigenvalue weighted by atomic mass is 10.0. The van der Waals surface area contributed by atoms with E-state index in [9.17, 15) is 10.2 Å². The summed E-state index contributed by atoms with van der Waals surface area (Å²) >= 11 is 5.87. The molecular formula is C14H13ClO2. The molecule has 2 aromatic carbocycles. The molecule has 0 fully saturated rings. The Morgan fingerprint density at radius 1 is 1.06 bits per heavy atom. The zero-order chi connectivity index (χ0) is 12.3. The van der Waals surface area contributed by atoms with Gasteiger partial charge in [0, 0.05) is 11.4 Å². The number of phenols is 1. The highest BCUT2D eigenvalue weighted by Gasteiger charge is 2.09. The van der Waals surface area contributed by atoms with Crippen LogP contribution in [0.3, 0.4) is 0 Å². The summed E-state index contributed by atoms with van der Waals surface area (Å²) in [4.78, 5) is 0. The first-order valence-corrected chi connectivity index (χ1v) is 5.74. The predicted molar refractivity (Wildman–Crippen MR) is 68.2 cm³/mol. The molecule has 0 aliphatic rings. The topological polar surface area (TPSA) is 40.5 Å². The number of halogens is 1. The quantitative estimate of drug-likeness (QED) is 0.875. The zero-order valence-electron chi connectivity index (χ0n) is 9.18. The molecule has 0 saturated heterocycles. The largest absolute Gasteiger partial charge is 0.508 e. The van der Waals surface area contributed by atoms with Gasteiger partial charge in [-0.2, -0.15) is 0 Å². The van der Waals surface area contributed by atoms with Crippen LogP contribution in [-0.4, -0.2) is 10.2 Å². The van der Waals surface area contributed by atoms with Crippen LogP contribution in [0.1, 0.15) is 17.2 Å². The van der Waals surface area contributed by atoms with Crippen molar-refractivity contribution in [3.8, 4) is 5.75 Å². The second-order valence-electron chi connectivity index (χ2n) is 3.94. The standard InChI is InChI=1S/C14H13ClO2/c15-12-5-2-4-11(9-12)14(17)8-10-3-1-6-13(16)7-10/h1-7,9,14,16-17H,8H2. The van der Waals surface area contributed by atoms with Crippen molar-refractivity contribution in [2.24, 2.45) is 0 Å². The van der Waals surface area contributed by atoms with Crippen molar-refractivity contribution < 1.29 is 10.2 Å². The molecule has 88 valence electrons.